The van der Waals surface area contributed by atoms with Gasteiger partial charge in [0.2, 0.25) is 0 Å². The first kappa shape index (κ1) is 18.1. The van der Waals surface area contributed by atoms with Gasteiger partial charge in [0, 0.05) is 19.0 Å². The Labute approximate surface area is 154 Å². The van der Waals surface area contributed by atoms with Gasteiger partial charge in [-0.1, -0.05) is 18.2 Å². The minimum Gasteiger partial charge on any atom is -0.494 e. The molecule has 0 spiro atoms. The van der Waals surface area contributed by atoms with E-state index in [1.807, 2.05) is 30.3 Å². The van der Waals surface area contributed by atoms with Gasteiger partial charge in [0.25, 0.3) is 0 Å². The summed E-state index contributed by atoms with van der Waals surface area (Å²) in [6, 6.07) is 16.4. The van der Waals surface area contributed by atoms with Crippen molar-refractivity contribution in [3.63, 3.8) is 0 Å². The Balaban J connectivity index is 1.54. The minimum atomic E-state index is 0.186. The molecular formula is C21H24N2O3. The Morgan fingerprint density at radius 2 is 2.00 bits per heavy atom. The molecule has 5 heteroatoms. The normalized spacial score (nSPS) is 13.7. The summed E-state index contributed by atoms with van der Waals surface area (Å²) in [5, 5.41) is 12.1. The predicted octanol–water partition coefficient (Wildman–Crippen LogP) is 3.99. The van der Waals surface area contributed by atoms with Crippen molar-refractivity contribution < 1.29 is 14.2 Å². The quantitative estimate of drug-likeness (QED) is 0.728. The van der Waals surface area contributed by atoms with Gasteiger partial charge >= 0.3 is 0 Å². The molecule has 1 unspecified atom stereocenters. The highest BCUT2D eigenvalue weighted by Gasteiger charge is 2.14. The van der Waals surface area contributed by atoms with E-state index in [-0.39, 0.29) is 6.04 Å². The van der Waals surface area contributed by atoms with Crippen molar-refractivity contribution in [3.8, 4) is 23.3 Å². The van der Waals surface area contributed by atoms with Crippen LogP contribution in [0.25, 0.3) is 0 Å². The van der Waals surface area contributed by atoms with Gasteiger partial charge in [-0.25, -0.2) is 0 Å². The maximum atomic E-state index is 8.56. The lowest BCUT2D eigenvalue weighted by Crippen LogP contribution is -2.19. The first-order chi connectivity index (χ1) is 12.8. The Morgan fingerprint density at radius 1 is 1.15 bits per heavy atom. The van der Waals surface area contributed by atoms with Crippen LogP contribution in [0.5, 0.6) is 17.2 Å². The van der Waals surface area contributed by atoms with E-state index < -0.39 is 0 Å². The molecule has 2 aromatic carbocycles. The van der Waals surface area contributed by atoms with Crippen molar-refractivity contribution in [1.82, 2.24) is 5.32 Å². The molecule has 3 rings (SSSR count). The van der Waals surface area contributed by atoms with E-state index in [9.17, 15) is 0 Å². The molecule has 1 atom stereocenters. The van der Waals surface area contributed by atoms with Gasteiger partial charge in [-0.2, -0.15) is 5.26 Å². The van der Waals surface area contributed by atoms with Crippen molar-refractivity contribution in [1.29, 1.82) is 5.26 Å². The van der Waals surface area contributed by atoms with Crippen LogP contribution in [0.4, 0.5) is 0 Å². The summed E-state index contributed by atoms with van der Waals surface area (Å²) in [6.45, 7) is 4.64. The molecule has 136 valence electrons. The largest absolute Gasteiger partial charge is 0.494 e. The number of ether oxygens (including phenoxy) is 3. The first-order valence-corrected chi connectivity index (χ1v) is 8.98. The summed E-state index contributed by atoms with van der Waals surface area (Å²) in [5.74, 6) is 2.47. The van der Waals surface area contributed by atoms with E-state index in [0.29, 0.717) is 26.2 Å². The van der Waals surface area contributed by atoms with Crippen LogP contribution in [0.1, 0.15) is 36.9 Å². The van der Waals surface area contributed by atoms with Gasteiger partial charge in [-0.05, 0) is 48.7 Å². The van der Waals surface area contributed by atoms with Crippen LogP contribution in [-0.2, 0) is 6.54 Å². The van der Waals surface area contributed by atoms with E-state index in [4.69, 9.17) is 19.5 Å². The van der Waals surface area contributed by atoms with Gasteiger partial charge in [-0.3, -0.25) is 0 Å². The molecule has 0 saturated heterocycles. The van der Waals surface area contributed by atoms with E-state index in [1.54, 1.807) is 0 Å². The van der Waals surface area contributed by atoms with Crippen LogP contribution in [0.3, 0.4) is 0 Å². The van der Waals surface area contributed by atoms with E-state index >= 15 is 0 Å². The molecule has 1 aliphatic rings. The molecule has 0 amide bonds. The number of benzene rings is 2. The monoisotopic (exact) mass is 352 g/mol. The standard InChI is InChI=1S/C21H24N2O3/c1-16(18-7-8-20-21(14-18)26-12-11-25-20)23-15-17-5-4-6-19(13-17)24-10-3-2-9-22/h4-8,13-14,16,23H,2-3,10-12,15H2,1H3. The third-order valence-electron chi connectivity index (χ3n) is 4.28. The molecule has 5 nitrogen and oxygen atoms in total. The van der Waals surface area contributed by atoms with Crippen molar-refractivity contribution in [2.24, 2.45) is 0 Å². The van der Waals surface area contributed by atoms with Gasteiger partial charge < -0.3 is 19.5 Å². The maximum Gasteiger partial charge on any atom is 0.161 e. The van der Waals surface area contributed by atoms with Crippen molar-refractivity contribution in [2.75, 3.05) is 19.8 Å². The number of rotatable bonds is 8. The van der Waals surface area contributed by atoms with Crippen LogP contribution in [0.2, 0.25) is 0 Å². The molecule has 26 heavy (non-hydrogen) atoms. The lowest BCUT2D eigenvalue weighted by molar-refractivity contribution is 0.171. The SMILES string of the molecule is CC(NCc1cccc(OCCCC#N)c1)c1ccc2c(c1)OCCO2. The molecule has 0 saturated carbocycles. The second-order valence-electron chi connectivity index (χ2n) is 6.26. The lowest BCUT2D eigenvalue weighted by atomic mass is 10.1. The van der Waals surface area contributed by atoms with Gasteiger partial charge in [0.05, 0.1) is 12.7 Å². The second kappa shape index (κ2) is 9.12. The zero-order valence-corrected chi connectivity index (χ0v) is 15.0. The molecule has 1 heterocycles. The molecular weight excluding hydrogens is 328 g/mol. The zero-order chi connectivity index (χ0) is 18.2. The number of nitrogens with zero attached hydrogens (tertiary/aromatic N) is 1. The summed E-state index contributed by atoms with van der Waals surface area (Å²) in [5.41, 5.74) is 2.32. The molecule has 0 fully saturated rings. The van der Waals surface area contributed by atoms with Crippen LogP contribution < -0.4 is 19.5 Å². The number of fused-ring (bicyclic) bond motifs is 1. The molecule has 1 aliphatic heterocycles. The zero-order valence-electron chi connectivity index (χ0n) is 15.0. The molecule has 0 aliphatic carbocycles. The summed E-state index contributed by atoms with van der Waals surface area (Å²) >= 11 is 0. The van der Waals surface area contributed by atoms with Crippen molar-refractivity contribution in [2.45, 2.75) is 32.4 Å². The molecule has 2 aromatic rings. The fourth-order valence-electron chi connectivity index (χ4n) is 2.80. The minimum absolute atomic E-state index is 0.186. The number of hydrogen-bond donors (Lipinski definition) is 1. The topological polar surface area (TPSA) is 63.5 Å². The summed E-state index contributed by atoms with van der Waals surface area (Å²) in [6.07, 6.45) is 1.27. The highest BCUT2D eigenvalue weighted by molar-refractivity contribution is 5.44. The summed E-state index contributed by atoms with van der Waals surface area (Å²) < 4.78 is 16.9. The third-order valence-corrected chi connectivity index (χ3v) is 4.28. The van der Waals surface area contributed by atoms with Crippen LogP contribution in [0, 0.1) is 11.3 Å². The number of unbranched alkanes of at least 4 members (excludes halogenated alkanes) is 1. The van der Waals surface area contributed by atoms with E-state index in [1.165, 1.54) is 0 Å². The van der Waals surface area contributed by atoms with Gasteiger partial charge in [0.15, 0.2) is 11.5 Å². The van der Waals surface area contributed by atoms with Crippen molar-refractivity contribution >= 4 is 0 Å². The second-order valence-corrected chi connectivity index (χ2v) is 6.26. The molecule has 1 N–H and O–H groups in total. The number of nitriles is 1. The first-order valence-electron chi connectivity index (χ1n) is 8.98. The average molecular weight is 352 g/mol. The predicted molar refractivity (Wildman–Crippen MR) is 99.5 cm³/mol. The van der Waals surface area contributed by atoms with Gasteiger partial charge in [0.1, 0.15) is 19.0 Å². The van der Waals surface area contributed by atoms with Crippen LogP contribution >= 0.6 is 0 Å². The number of nitrogens with one attached hydrogen (secondary N) is 1. The fourth-order valence-corrected chi connectivity index (χ4v) is 2.80. The molecule has 0 aromatic heterocycles. The Kier molecular flexibility index (Phi) is 6.34. The Hall–Kier alpha value is -2.71. The Morgan fingerprint density at radius 3 is 2.85 bits per heavy atom. The highest BCUT2D eigenvalue weighted by Crippen LogP contribution is 2.32. The lowest BCUT2D eigenvalue weighted by Gasteiger charge is -2.21. The third kappa shape index (κ3) is 4.90. The fraction of sp³-hybridized carbons (Fsp3) is 0.381. The summed E-state index contributed by atoms with van der Waals surface area (Å²) in [7, 11) is 0. The summed E-state index contributed by atoms with van der Waals surface area (Å²) in [4.78, 5) is 0. The maximum absolute atomic E-state index is 8.56. The molecule has 0 radical (unpaired) electrons. The Bertz CT molecular complexity index is 770. The average Bonchev–Trinajstić information content (AvgIpc) is 2.69. The van der Waals surface area contributed by atoms with Crippen LogP contribution in [0.15, 0.2) is 42.5 Å². The smallest absolute Gasteiger partial charge is 0.161 e. The molecule has 0 bridgehead atoms. The van der Waals surface area contributed by atoms with E-state index in [0.717, 1.165) is 41.3 Å². The van der Waals surface area contributed by atoms with Crippen molar-refractivity contribution in [3.05, 3.63) is 53.6 Å². The van der Waals surface area contributed by atoms with Crippen LogP contribution in [-0.4, -0.2) is 19.8 Å². The highest BCUT2D eigenvalue weighted by atomic mass is 16.6. The number of hydrogen-bond acceptors (Lipinski definition) is 5. The van der Waals surface area contributed by atoms with Gasteiger partial charge in [-0.15, -0.1) is 0 Å². The van der Waals surface area contributed by atoms with E-state index in [2.05, 4.69) is 30.4 Å².